The van der Waals surface area contributed by atoms with Crippen molar-refractivity contribution in [3.8, 4) is 0 Å². The molecule has 14 heavy (non-hydrogen) atoms. The third-order valence-electron chi connectivity index (χ3n) is 3.19. The van der Waals surface area contributed by atoms with Gasteiger partial charge in [0.25, 0.3) is 0 Å². The molecule has 1 N–H and O–H groups in total. The minimum Gasteiger partial charge on any atom is -0.393 e. The lowest BCUT2D eigenvalue weighted by Gasteiger charge is -2.27. The van der Waals surface area contributed by atoms with Crippen molar-refractivity contribution >= 4 is 0 Å². The van der Waals surface area contributed by atoms with Crippen molar-refractivity contribution in [2.24, 2.45) is 5.41 Å². The number of hydrogen-bond acceptors (Lipinski definition) is 1. The van der Waals surface area contributed by atoms with E-state index in [4.69, 9.17) is 0 Å². The summed E-state index contributed by atoms with van der Waals surface area (Å²) in [4.78, 5) is 0. The molecule has 0 aliphatic heterocycles. The first-order valence-corrected chi connectivity index (χ1v) is 5.60. The lowest BCUT2D eigenvalue weighted by molar-refractivity contribution is 0.175. The van der Waals surface area contributed by atoms with Crippen molar-refractivity contribution in [2.75, 3.05) is 0 Å². The van der Waals surface area contributed by atoms with E-state index < -0.39 is 0 Å². The van der Waals surface area contributed by atoms with Crippen molar-refractivity contribution in [3.63, 3.8) is 0 Å². The van der Waals surface area contributed by atoms with E-state index in [1.807, 2.05) is 6.92 Å². The molecule has 0 aromatic heterocycles. The molecule has 0 saturated heterocycles. The van der Waals surface area contributed by atoms with Gasteiger partial charge in [-0.25, -0.2) is 0 Å². The van der Waals surface area contributed by atoms with Crippen molar-refractivity contribution in [1.29, 1.82) is 0 Å². The summed E-state index contributed by atoms with van der Waals surface area (Å²) in [7, 11) is 0. The standard InChI is InChI=1S/C13H26O/c1-10(2)12(4)13(5,6)9-7-8-11(3)14/h11,14H,7-9H2,1-6H3. The molecule has 0 heterocycles. The zero-order valence-corrected chi connectivity index (χ0v) is 10.6. The van der Waals surface area contributed by atoms with E-state index in [-0.39, 0.29) is 11.5 Å². The van der Waals surface area contributed by atoms with Gasteiger partial charge in [0.05, 0.1) is 6.10 Å². The van der Waals surface area contributed by atoms with Crippen LogP contribution in [0.15, 0.2) is 11.1 Å². The van der Waals surface area contributed by atoms with Crippen LogP contribution in [0.5, 0.6) is 0 Å². The Bertz CT molecular complexity index is 195. The largest absolute Gasteiger partial charge is 0.393 e. The summed E-state index contributed by atoms with van der Waals surface area (Å²) in [6.07, 6.45) is 3.03. The first kappa shape index (κ1) is 13.7. The number of allylic oxidation sites excluding steroid dienone is 2. The van der Waals surface area contributed by atoms with Gasteiger partial charge in [-0.1, -0.05) is 31.4 Å². The quantitative estimate of drug-likeness (QED) is 0.664. The van der Waals surface area contributed by atoms with Gasteiger partial charge >= 0.3 is 0 Å². The Morgan fingerprint density at radius 3 is 2.07 bits per heavy atom. The minimum absolute atomic E-state index is 0.155. The van der Waals surface area contributed by atoms with Gasteiger partial charge in [-0.3, -0.25) is 0 Å². The summed E-state index contributed by atoms with van der Waals surface area (Å²) >= 11 is 0. The highest BCUT2D eigenvalue weighted by molar-refractivity contribution is 5.14. The van der Waals surface area contributed by atoms with Crippen LogP contribution in [0.3, 0.4) is 0 Å². The van der Waals surface area contributed by atoms with E-state index in [2.05, 4.69) is 34.6 Å². The summed E-state index contributed by atoms with van der Waals surface area (Å²) < 4.78 is 0. The van der Waals surface area contributed by atoms with Crippen LogP contribution in [0, 0.1) is 5.41 Å². The van der Waals surface area contributed by atoms with E-state index >= 15 is 0 Å². The normalized spacial score (nSPS) is 13.9. The fourth-order valence-electron chi connectivity index (χ4n) is 1.70. The molecule has 1 atom stereocenters. The van der Waals surface area contributed by atoms with Crippen LogP contribution < -0.4 is 0 Å². The number of aliphatic hydroxyl groups is 1. The molecule has 0 spiro atoms. The summed E-state index contributed by atoms with van der Waals surface area (Å²) in [5, 5.41) is 9.18. The molecule has 0 aliphatic rings. The highest BCUT2D eigenvalue weighted by Crippen LogP contribution is 2.33. The zero-order valence-electron chi connectivity index (χ0n) is 10.6. The van der Waals surface area contributed by atoms with Crippen molar-refractivity contribution in [3.05, 3.63) is 11.1 Å². The topological polar surface area (TPSA) is 20.2 Å². The molecule has 0 bridgehead atoms. The van der Waals surface area contributed by atoms with Gasteiger partial charge in [-0.05, 0) is 46.0 Å². The molecule has 1 nitrogen and oxygen atoms in total. The monoisotopic (exact) mass is 198 g/mol. The maximum Gasteiger partial charge on any atom is 0.0512 e. The summed E-state index contributed by atoms with van der Waals surface area (Å²) in [6, 6.07) is 0. The number of aliphatic hydroxyl groups excluding tert-OH is 1. The first-order chi connectivity index (χ1) is 6.27. The molecule has 0 rings (SSSR count). The summed E-state index contributed by atoms with van der Waals surface area (Å²) in [6.45, 7) is 13.0. The van der Waals surface area contributed by atoms with Crippen LogP contribution in [0.25, 0.3) is 0 Å². The fourth-order valence-corrected chi connectivity index (χ4v) is 1.70. The van der Waals surface area contributed by atoms with E-state index in [0.717, 1.165) is 19.3 Å². The smallest absolute Gasteiger partial charge is 0.0512 e. The second-order valence-corrected chi connectivity index (χ2v) is 5.25. The van der Waals surface area contributed by atoms with Gasteiger partial charge in [-0.2, -0.15) is 0 Å². The van der Waals surface area contributed by atoms with Crippen LogP contribution >= 0.6 is 0 Å². The van der Waals surface area contributed by atoms with Gasteiger partial charge in [0.15, 0.2) is 0 Å². The molecule has 0 amide bonds. The summed E-state index contributed by atoms with van der Waals surface area (Å²) in [5.41, 5.74) is 3.20. The average molecular weight is 198 g/mol. The van der Waals surface area contributed by atoms with E-state index in [9.17, 15) is 5.11 Å². The highest BCUT2D eigenvalue weighted by atomic mass is 16.3. The predicted octanol–water partition coefficient (Wildman–Crippen LogP) is 3.92. The van der Waals surface area contributed by atoms with Crippen LogP contribution in [-0.2, 0) is 0 Å². The molecule has 1 heteroatoms. The molecule has 0 aromatic rings. The molecular formula is C13H26O. The number of hydrogen-bond donors (Lipinski definition) is 1. The Kier molecular flexibility index (Phi) is 5.43. The van der Waals surface area contributed by atoms with Gasteiger partial charge in [-0.15, -0.1) is 0 Å². The molecular weight excluding hydrogens is 172 g/mol. The van der Waals surface area contributed by atoms with Crippen LogP contribution in [-0.4, -0.2) is 11.2 Å². The van der Waals surface area contributed by atoms with E-state index in [1.165, 1.54) is 11.1 Å². The second kappa shape index (κ2) is 5.55. The lowest BCUT2D eigenvalue weighted by atomic mass is 9.78. The molecule has 1 unspecified atom stereocenters. The van der Waals surface area contributed by atoms with Gasteiger partial charge < -0.3 is 5.11 Å². The highest BCUT2D eigenvalue weighted by Gasteiger charge is 2.20. The molecule has 0 aliphatic carbocycles. The Balaban J connectivity index is 4.15. The maximum absolute atomic E-state index is 9.18. The maximum atomic E-state index is 9.18. The Morgan fingerprint density at radius 1 is 1.21 bits per heavy atom. The Hall–Kier alpha value is -0.300. The third-order valence-corrected chi connectivity index (χ3v) is 3.19. The van der Waals surface area contributed by atoms with Crippen molar-refractivity contribution in [2.45, 2.75) is 66.9 Å². The number of rotatable bonds is 5. The van der Waals surface area contributed by atoms with Gasteiger partial charge in [0.1, 0.15) is 0 Å². The molecule has 0 radical (unpaired) electrons. The fraction of sp³-hybridized carbons (Fsp3) is 0.846. The third kappa shape index (κ3) is 4.80. The molecule has 0 aromatic carbocycles. The molecule has 0 fully saturated rings. The van der Waals surface area contributed by atoms with Gasteiger partial charge in [0.2, 0.25) is 0 Å². The molecule has 0 saturated carbocycles. The second-order valence-electron chi connectivity index (χ2n) is 5.25. The Labute approximate surface area is 89.2 Å². The zero-order chi connectivity index (χ0) is 11.4. The van der Waals surface area contributed by atoms with E-state index in [0.29, 0.717) is 0 Å². The molecule has 84 valence electrons. The average Bonchev–Trinajstić information content (AvgIpc) is 2.01. The van der Waals surface area contributed by atoms with Crippen LogP contribution in [0.4, 0.5) is 0 Å². The van der Waals surface area contributed by atoms with E-state index in [1.54, 1.807) is 0 Å². The minimum atomic E-state index is -0.155. The van der Waals surface area contributed by atoms with Crippen molar-refractivity contribution in [1.82, 2.24) is 0 Å². The van der Waals surface area contributed by atoms with Crippen LogP contribution in [0.2, 0.25) is 0 Å². The SMILES string of the molecule is CC(C)=C(C)C(C)(C)CCCC(C)O. The van der Waals surface area contributed by atoms with Crippen molar-refractivity contribution < 1.29 is 5.11 Å². The first-order valence-electron chi connectivity index (χ1n) is 5.60. The lowest BCUT2D eigenvalue weighted by Crippen LogP contribution is -2.15. The Morgan fingerprint density at radius 2 is 1.71 bits per heavy atom. The van der Waals surface area contributed by atoms with Crippen LogP contribution in [0.1, 0.15) is 60.8 Å². The predicted molar refractivity (Wildman–Crippen MR) is 63.4 cm³/mol. The van der Waals surface area contributed by atoms with Gasteiger partial charge in [0, 0.05) is 0 Å². The summed E-state index contributed by atoms with van der Waals surface area (Å²) in [5.74, 6) is 0.